The largest absolute Gasteiger partial charge is 0.481 e. The second-order valence-electron chi connectivity index (χ2n) is 4.76. The second kappa shape index (κ2) is 6.88. The van der Waals surface area contributed by atoms with E-state index in [0.29, 0.717) is 6.54 Å². The van der Waals surface area contributed by atoms with Gasteiger partial charge in [0.25, 0.3) is 0 Å². The van der Waals surface area contributed by atoms with Crippen LogP contribution < -0.4 is 5.32 Å². The fraction of sp³-hybridized carbons (Fsp3) is 0.667. The maximum atomic E-state index is 11.8. The molecule has 20 heavy (non-hydrogen) atoms. The molecular formula is C12H18N2O6. The summed E-state index contributed by atoms with van der Waals surface area (Å²) in [4.78, 5) is 46.3. The Kier molecular flexibility index (Phi) is 5.48. The number of imide groups is 1. The highest BCUT2D eigenvalue weighted by Gasteiger charge is 2.37. The van der Waals surface area contributed by atoms with E-state index in [-0.39, 0.29) is 31.3 Å². The van der Waals surface area contributed by atoms with Gasteiger partial charge >= 0.3 is 18.0 Å². The average molecular weight is 286 g/mol. The molecular weight excluding hydrogens is 268 g/mol. The van der Waals surface area contributed by atoms with Crippen LogP contribution in [-0.2, 0) is 19.1 Å². The van der Waals surface area contributed by atoms with Crippen molar-refractivity contribution < 1.29 is 29.0 Å². The fourth-order valence-corrected chi connectivity index (χ4v) is 2.07. The number of hydrogen-bond acceptors (Lipinski definition) is 5. The van der Waals surface area contributed by atoms with Gasteiger partial charge in [-0.2, -0.15) is 0 Å². The minimum Gasteiger partial charge on any atom is -0.481 e. The van der Waals surface area contributed by atoms with Gasteiger partial charge in [-0.05, 0) is 5.92 Å². The predicted octanol–water partition coefficient (Wildman–Crippen LogP) is -0.172. The third-order valence-corrected chi connectivity index (χ3v) is 3.22. The van der Waals surface area contributed by atoms with Crippen LogP contribution in [0.1, 0.15) is 19.8 Å². The van der Waals surface area contributed by atoms with Crippen LogP contribution in [0.5, 0.6) is 0 Å². The summed E-state index contributed by atoms with van der Waals surface area (Å²) >= 11 is 0. The summed E-state index contributed by atoms with van der Waals surface area (Å²) in [5.41, 5.74) is 0. The Balaban J connectivity index is 2.47. The molecule has 2 N–H and O–H groups in total. The number of urea groups is 1. The summed E-state index contributed by atoms with van der Waals surface area (Å²) in [6, 6.07) is -0.612. The molecule has 1 aliphatic heterocycles. The minimum atomic E-state index is -1.10. The van der Waals surface area contributed by atoms with Crippen LogP contribution in [0.25, 0.3) is 0 Å². The first-order valence-corrected chi connectivity index (χ1v) is 6.23. The molecule has 0 saturated carbocycles. The van der Waals surface area contributed by atoms with Gasteiger partial charge in [-0.1, -0.05) is 6.92 Å². The zero-order valence-electron chi connectivity index (χ0n) is 11.4. The number of methoxy groups -OCH3 is 1. The van der Waals surface area contributed by atoms with E-state index in [4.69, 9.17) is 5.11 Å². The molecule has 0 spiro atoms. The number of esters is 1. The van der Waals surface area contributed by atoms with E-state index in [0.717, 1.165) is 0 Å². The highest BCUT2D eigenvalue weighted by atomic mass is 16.5. The van der Waals surface area contributed by atoms with Gasteiger partial charge in [0.1, 0.15) is 0 Å². The monoisotopic (exact) mass is 286 g/mol. The molecule has 0 aromatic rings. The molecule has 8 nitrogen and oxygen atoms in total. The molecule has 0 aromatic carbocycles. The van der Waals surface area contributed by atoms with Crippen molar-refractivity contribution in [3.63, 3.8) is 0 Å². The Morgan fingerprint density at radius 1 is 1.25 bits per heavy atom. The lowest BCUT2D eigenvalue weighted by Gasteiger charge is -2.16. The molecule has 1 fully saturated rings. The van der Waals surface area contributed by atoms with Crippen LogP contribution in [0.15, 0.2) is 0 Å². The number of nitrogens with one attached hydrogen (secondary N) is 1. The molecule has 0 bridgehead atoms. The molecule has 1 rings (SSSR count). The number of rotatable bonds is 4. The lowest BCUT2D eigenvalue weighted by Crippen LogP contribution is -2.42. The Hall–Kier alpha value is -2.12. The molecule has 0 aliphatic carbocycles. The molecule has 3 amide bonds. The fourth-order valence-electron chi connectivity index (χ4n) is 2.07. The van der Waals surface area contributed by atoms with Gasteiger partial charge in [0, 0.05) is 19.5 Å². The van der Waals surface area contributed by atoms with Crippen LogP contribution in [0.2, 0.25) is 0 Å². The number of amides is 3. The molecule has 112 valence electrons. The Morgan fingerprint density at radius 3 is 2.45 bits per heavy atom. The first-order valence-electron chi connectivity index (χ1n) is 6.23. The molecule has 2 unspecified atom stereocenters. The predicted molar refractivity (Wildman–Crippen MR) is 66.7 cm³/mol. The van der Waals surface area contributed by atoms with Gasteiger partial charge in [-0.15, -0.1) is 0 Å². The van der Waals surface area contributed by atoms with Crippen molar-refractivity contribution in [3.8, 4) is 0 Å². The van der Waals surface area contributed by atoms with Crippen molar-refractivity contribution in [2.75, 3.05) is 20.2 Å². The summed E-state index contributed by atoms with van der Waals surface area (Å²) in [5, 5.41) is 10.5. The van der Waals surface area contributed by atoms with Crippen molar-refractivity contribution in [1.29, 1.82) is 0 Å². The highest BCUT2D eigenvalue weighted by Crippen LogP contribution is 2.23. The maximum absolute atomic E-state index is 11.8. The summed E-state index contributed by atoms with van der Waals surface area (Å²) in [6.45, 7) is 2.35. The van der Waals surface area contributed by atoms with Gasteiger partial charge in [0.2, 0.25) is 5.91 Å². The van der Waals surface area contributed by atoms with Crippen molar-refractivity contribution in [1.82, 2.24) is 10.2 Å². The van der Waals surface area contributed by atoms with Crippen LogP contribution >= 0.6 is 0 Å². The van der Waals surface area contributed by atoms with Gasteiger partial charge in [0.15, 0.2) is 0 Å². The van der Waals surface area contributed by atoms with E-state index in [2.05, 4.69) is 10.1 Å². The SMILES string of the molecule is COC(=O)C1CN(C(=O)NC(=O)CCC(=O)O)CC1C. The van der Waals surface area contributed by atoms with E-state index < -0.39 is 23.8 Å². The standard InChI is InChI=1S/C12H18N2O6/c1-7-5-14(6-8(7)11(18)20-2)12(19)13-9(15)3-4-10(16)17/h7-8H,3-6H2,1-2H3,(H,16,17)(H,13,15,19). The zero-order valence-corrected chi connectivity index (χ0v) is 11.4. The molecule has 2 atom stereocenters. The first kappa shape index (κ1) is 15.9. The van der Waals surface area contributed by atoms with E-state index >= 15 is 0 Å². The molecule has 0 radical (unpaired) electrons. The van der Waals surface area contributed by atoms with Crippen LogP contribution in [0.3, 0.4) is 0 Å². The summed E-state index contributed by atoms with van der Waals surface area (Å²) in [5.74, 6) is -2.59. The minimum absolute atomic E-state index is 0.0534. The van der Waals surface area contributed by atoms with Gasteiger partial charge in [-0.3, -0.25) is 19.7 Å². The summed E-state index contributed by atoms with van der Waals surface area (Å²) in [7, 11) is 1.28. The number of carbonyl (C=O) groups is 4. The number of nitrogens with zero attached hydrogens (tertiary/aromatic N) is 1. The maximum Gasteiger partial charge on any atom is 0.324 e. The first-order chi connectivity index (χ1) is 9.35. The number of carboxylic acid groups (broad SMARTS) is 1. The number of hydrogen-bond donors (Lipinski definition) is 2. The molecule has 0 aromatic heterocycles. The number of carbonyl (C=O) groups excluding carboxylic acids is 3. The van der Waals surface area contributed by atoms with Crippen LogP contribution in [0.4, 0.5) is 4.79 Å². The normalized spacial score (nSPS) is 21.4. The number of likely N-dealkylation sites (tertiary alicyclic amines) is 1. The zero-order chi connectivity index (χ0) is 15.3. The topological polar surface area (TPSA) is 113 Å². The van der Waals surface area contributed by atoms with E-state index in [1.165, 1.54) is 12.0 Å². The number of carboxylic acids is 1. The Bertz CT molecular complexity index is 422. The lowest BCUT2D eigenvalue weighted by atomic mass is 9.99. The smallest absolute Gasteiger partial charge is 0.324 e. The summed E-state index contributed by atoms with van der Waals surface area (Å²) < 4.78 is 4.65. The average Bonchev–Trinajstić information content (AvgIpc) is 2.77. The van der Waals surface area contributed by atoms with Crippen LogP contribution in [0, 0.1) is 11.8 Å². The van der Waals surface area contributed by atoms with Gasteiger partial charge < -0.3 is 14.7 Å². The van der Waals surface area contributed by atoms with E-state index in [1.54, 1.807) is 0 Å². The van der Waals surface area contributed by atoms with E-state index in [9.17, 15) is 19.2 Å². The number of aliphatic carboxylic acids is 1. The van der Waals surface area contributed by atoms with Crippen LogP contribution in [-0.4, -0.2) is 54.1 Å². The van der Waals surface area contributed by atoms with E-state index in [1.807, 2.05) is 6.92 Å². The van der Waals surface area contributed by atoms with Crippen molar-refractivity contribution in [2.24, 2.45) is 11.8 Å². The van der Waals surface area contributed by atoms with Crippen molar-refractivity contribution >= 4 is 23.9 Å². The molecule has 1 heterocycles. The Morgan fingerprint density at radius 2 is 1.90 bits per heavy atom. The third kappa shape index (κ3) is 4.22. The Labute approximate surface area is 116 Å². The third-order valence-electron chi connectivity index (χ3n) is 3.22. The van der Waals surface area contributed by atoms with Crippen molar-refractivity contribution in [3.05, 3.63) is 0 Å². The molecule has 8 heteroatoms. The lowest BCUT2D eigenvalue weighted by molar-refractivity contribution is -0.146. The highest BCUT2D eigenvalue weighted by molar-refractivity contribution is 5.95. The van der Waals surface area contributed by atoms with Gasteiger partial charge in [0.05, 0.1) is 19.4 Å². The van der Waals surface area contributed by atoms with Gasteiger partial charge in [-0.25, -0.2) is 4.79 Å². The number of ether oxygens (including phenoxy) is 1. The second-order valence-corrected chi connectivity index (χ2v) is 4.76. The molecule has 1 aliphatic rings. The van der Waals surface area contributed by atoms with Crippen molar-refractivity contribution in [2.45, 2.75) is 19.8 Å². The molecule has 1 saturated heterocycles. The quantitative estimate of drug-likeness (QED) is 0.694. The summed E-state index contributed by atoms with van der Waals surface area (Å²) in [6.07, 6.45) is -0.592.